The van der Waals surface area contributed by atoms with Crippen molar-refractivity contribution in [2.24, 2.45) is 0 Å². The summed E-state index contributed by atoms with van der Waals surface area (Å²) in [4.78, 5) is 35.7. The van der Waals surface area contributed by atoms with Crippen molar-refractivity contribution in [3.05, 3.63) is 60.8 Å². The highest BCUT2D eigenvalue weighted by molar-refractivity contribution is 8.77. The van der Waals surface area contributed by atoms with Crippen molar-refractivity contribution in [1.82, 2.24) is 10.6 Å². The summed E-state index contributed by atoms with van der Waals surface area (Å²) < 4.78 is 0. The van der Waals surface area contributed by atoms with Gasteiger partial charge in [0.2, 0.25) is 11.8 Å². The maximum Gasteiger partial charge on any atom is 0.326 e. The lowest BCUT2D eigenvalue weighted by molar-refractivity contribution is -0.142. The fraction of sp³-hybridized carbons (Fsp3) is 0.606. The number of aliphatic carboxylic acids is 1. The minimum absolute atomic E-state index is 0.0212. The van der Waals surface area contributed by atoms with Crippen LogP contribution in [-0.2, 0) is 14.4 Å². The average molecular weight is 605 g/mol. The van der Waals surface area contributed by atoms with E-state index in [0.717, 1.165) is 64.2 Å². The first-order valence-corrected chi connectivity index (χ1v) is 17.7. The molecule has 0 bridgehead atoms. The van der Waals surface area contributed by atoms with Gasteiger partial charge in [-0.1, -0.05) is 95.7 Å². The molecule has 230 valence electrons. The van der Waals surface area contributed by atoms with Gasteiger partial charge in [0.25, 0.3) is 0 Å². The number of carboxylic acid groups (broad SMARTS) is 1. The summed E-state index contributed by atoms with van der Waals surface area (Å²) >= 11 is 0. The minimum atomic E-state index is -1.03. The van der Waals surface area contributed by atoms with Gasteiger partial charge >= 0.3 is 5.97 Å². The van der Waals surface area contributed by atoms with Crippen LogP contribution in [0.2, 0.25) is 0 Å². The van der Waals surface area contributed by atoms with Crippen molar-refractivity contribution in [1.29, 1.82) is 0 Å². The topological polar surface area (TPSA) is 95.5 Å². The number of amides is 2. The number of rotatable bonds is 24. The predicted molar refractivity (Wildman–Crippen MR) is 177 cm³/mol. The number of allylic oxidation sites excluding steroid dienone is 10. The molecular formula is C33H52N2O4S2. The molecule has 0 aromatic carbocycles. The third-order valence-corrected chi connectivity index (χ3v) is 9.47. The summed E-state index contributed by atoms with van der Waals surface area (Å²) in [6, 6.07) is -0.906. The molecule has 2 atom stereocenters. The van der Waals surface area contributed by atoms with E-state index in [1.165, 1.54) is 12.2 Å². The molecule has 41 heavy (non-hydrogen) atoms. The zero-order valence-corrected chi connectivity index (χ0v) is 26.6. The zero-order chi connectivity index (χ0) is 29.8. The molecule has 3 N–H and O–H groups in total. The van der Waals surface area contributed by atoms with Crippen LogP contribution in [-0.4, -0.2) is 46.5 Å². The van der Waals surface area contributed by atoms with Crippen LogP contribution in [0.1, 0.15) is 103 Å². The predicted octanol–water partition coefficient (Wildman–Crippen LogP) is 8.09. The molecule has 1 heterocycles. The first kappa shape index (κ1) is 36.8. The summed E-state index contributed by atoms with van der Waals surface area (Å²) in [6.07, 6.45) is 34.0. The maximum absolute atomic E-state index is 12.2. The Morgan fingerprint density at radius 2 is 1.41 bits per heavy atom. The number of nitrogens with one attached hydrogen (secondary N) is 2. The van der Waals surface area contributed by atoms with Crippen LogP contribution in [0.15, 0.2) is 60.8 Å². The highest BCUT2D eigenvalue weighted by Crippen LogP contribution is 2.39. The van der Waals surface area contributed by atoms with Crippen molar-refractivity contribution in [3.63, 3.8) is 0 Å². The molecule has 1 aliphatic rings. The Balaban J connectivity index is 2.01. The van der Waals surface area contributed by atoms with Gasteiger partial charge in [-0.05, 0) is 77.0 Å². The lowest BCUT2D eigenvalue weighted by Gasteiger charge is -2.15. The maximum atomic E-state index is 12.2. The second kappa shape index (κ2) is 26.7. The number of hydrogen-bond acceptors (Lipinski definition) is 5. The monoisotopic (exact) mass is 604 g/mol. The van der Waals surface area contributed by atoms with E-state index in [2.05, 4.69) is 78.3 Å². The molecule has 0 aromatic heterocycles. The SMILES string of the molecule is CCC=CCC=CCC=CCC=CCC=CCCCC(=O)NCCC[C@H](NC(=O)CCCC[C@@H]1CCSS1)C(=O)O. The van der Waals surface area contributed by atoms with Crippen LogP contribution < -0.4 is 10.6 Å². The van der Waals surface area contributed by atoms with Gasteiger partial charge in [0.15, 0.2) is 0 Å². The highest BCUT2D eigenvalue weighted by atomic mass is 33.1. The Hall–Kier alpha value is -2.19. The Bertz CT molecular complexity index is 861. The Morgan fingerprint density at radius 3 is 2.00 bits per heavy atom. The smallest absolute Gasteiger partial charge is 0.326 e. The van der Waals surface area contributed by atoms with E-state index >= 15 is 0 Å². The van der Waals surface area contributed by atoms with Crippen LogP contribution >= 0.6 is 21.6 Å². The van der Waals surface area contributed by atoms with Crippen molar-refractivity contribution >= 4 is 39.4 Å². The van der Waals surface area contributed by atoms with Crippen LogP contribution in [0.5, 0.6) is 0 Å². The number of hydrogen-bond donors (Lipinski definition) is 3. The Labute approximate surface area is 256 Å². The zero-order valence-electron chi connectivity index (χ0n) is 24.9. The van der Waals surface area contributed by atoms with Gasteiger partial charge in [0.1, 0.15) is 6.04 Å². The molecule has 1 aliphatic heterocycles. The number of unbranched alkanes of at least 4 members (excludes halogenated alkanes) is 2. The van der Waals surface area contributed by atoms with E-state index in [1.54, 1.807) is 0 Å². The average Bonchev–Trinajstić information content (AvgIpc) is 3.48. The summed E-state index contributed by atoms with van der Waals surface area (Å²) in [5.41, 5.74) is 0. The lowest BCUT2D eigenvalue weighted by Crippen LogP contribution is -2.41. The quantitative estimate of drug-likeness (QED) is 0.0586. The Morgan fingerprint density at radius 1 is 0.805 bits per heavy atom. The summed E-state index contributed by atoms with van der Waals surface area (Å²) in [6.45, 7) is 2.56. The molecule has 1 fully saturated rings. The van der Waals surface area contributed by atoms with Crippen LogP contribution in [0.3, 0.4) is 0 Å². The van der Waals surface area contributed by atoms with E-state index in [4.69, 9.17) is 0 Å². The fourth-order valence-electron chi connectivity index (χ4n) is 4.12. The molecule has 1 saturated heterocycles. The lowest BCUT2D eigenvalue weighted by atomic mass is 10.1. The standard InChI is InChI=1S/C33H52N2O4S2/c1-2-3-4-5-6-7-8-9-10-11-12-13-14-15-16-17-18-24-31(36)34-27-21-23-30(33(38)39)35-32(37)25-20-19-22-29-26-28-40-41-29/h3-4,6-7,9-10,12-13,15-16,29-30H,2,5,8,11,14,17-28H2,1H3,(H,34,36)(H,35,37)(H,38,39)/t29-,30+/m1/s1. The minimum Gasteiger partial charge on any atom is -0.480 e. The second-order valence-corrected chi connectivity index (χ2v) is 12.9. The Kier molecular flexibility index (Phi) is 24.0. The van der Waals surface area contributed by atoms with Crippen LogP contribution in [0, 0.1) is 0 Å². The normalized spacial score (nSPS) is 16.6. The van der Waals surface area contributed by atoms with Gasteiger partial charge in [0, 0.05) is 30.4 Å². The summed E-state index contributed by atoms with van der Waals surface area (Å²) in [5.74, 6) is -0.0417. The van der Waals surface area contributed by atoms with E-state index < -0.39 is 12.0 Å². The first-order valence-electron chi connectivity index (χ1n) is 15.3. The number of carboxylic acids is 1. The highest BCUT2D eigenvalue weighted by Gasteiger charge is 2.20. The van der Waals surface area contributed by atoms with E-state index in [-0.39, 0.29) is 11.8 Å². The third-order valence-electron chi connectivity index (χ3n) is 6.46. The molecule has 0 aliphatic carbocycles. The summed E-state index contributed by atoms with van der Waals surface area (Å²) in [5, 5.41) is 15.6. The van der Waals surface area contributed by atoms with Crippen molar-refractivity contribution in [2.45, 2.75) is 115 Å². The van der Waals surface area contributed by atoms with Gasteiger partial charge in [-0.25, -0.2) is 4.79 Å². The molecule has 8 heteroatoms. The van der Waals surface area contributed by atoms with Gasteiger partial charge in [-0.15, -0.1) is 0 Å². The molecule has 0 radical (unpaired) electrons. The van der Waals surface area contributed by atoms with Crippen molar-refractivity contribution in [3.8, 4) is 0 Å². The summed E-state index contributed by atoms with van der Waals surface area (Å²) in [7, 11) is 3.86. The van der Waals surface area contributed by atoms with Gasteiger partial charge in [-0.2, -0.15) is 0 Å². The molecule has 0 aromatic rings. The largest absolute Gasteiger partial charge is 0.480 e. The van der Waals surface area contributed by atoms with Crippen LogP contribution in [0.4, 0.5) is 0 Å². The molecule has 2 amide bonds. The van der Waals surface area contributed by atoms with Crippen LogP contribution in [0.25, 0.3) is 0 Å². The van der Waals surface area contributed by atoms with Gasteiger partial charge in [-0.3, -0.25) is 9.59 Å². The number of carbonyl (C=O) groups excluding carboxylic acids is 2. The van der Waals surface area contributed by atoms with Crippen molar-refractivity contribution < 1.29 is 19.5 Å². The molecular weight excluding hydrogens is 553 g/mol. The molecule has 1 rings (SSSR count). The molecule has 0 spiro atoms. The second-order valence-electron chi connectivity index (χ2n) is 10.1. The van der Waals surface area contributed by atoms with E-state index in [0.29, 0.717) is 37.5 Å². The fourth-order valence-corrected chi connectivity index (χ4v) is 7.14. The van der Waals surface area contributed by atoms with Gasteiger partial charge < -0.3 is 15.7 Å². The number of carbonyl (C=O) groups is 3. The van der Waals surface area contributed by atoms with Gasteiger partial charge in [0.05, 0.1) is 0 Å². The molecule has 0 saturated carbocycles. The third kappa shape index (κ3) is 23.1. The van der Waals surface area contributed by atoms with Crippen molar-refractivity contribution in [2.75, 3.05) is 12.3 Å². The molecule has 0 unspecified atom stereocenters. The van der Waals surface area contributed by atoms with E-state index in [9.17, 15) is 19.5 Å². The molecule has 6 nitrogen and oxygen atoms in total. The first-order chi connectivity index (χ1) is 20.0. The van der Waals surface area contributed by atoms with E-state index in [1.807, 2.05) is 21.6 Å².